The predicted octanol–water partition coefficient (Wildman–Crippen LogP) is 4.28. The molecule has 1 aromatic heterocycles. The quantitative estimate of drug-likeness (QED) is 0.690. The first-order chi connectivity index (χ1) is 11.6. The molecule has 0 fully saturated rings. The third kappa shape index (κ3) is 4.04. The van der Waals surface area contributed by atoms with Gasteiger partial charge in [-0.1, -0.05) is 51.8 Å². The van der Waals surface area contributed by atoms with Gasteiger partial charge in [-0.05, 0) is 35.4 Å². The van der Waals surface area contributed by atoms with Crippen LogP contribution in [0, 0.1) is 0 Å². The molecule has 24 heavy (non-hydrogen) atoms. The van der Waals surface area contributed by atoms with E-state index in [0.717, 1.165) is 15.6 Å². The number of nitrogens with zero attached hydrogens (tertiary/aromatic N) is 2. The molecule has 0 radical (unpaired) electrons. The van der Waals surface area contributed by atoms with E-state index in [1.165, 1.54) is 0 Å². The normalized spacial score (nSPS) is 10.6. The van der Waals surface area contributed by atoms with E-state index in [2.05, 4.69) is 26.3 Å². The second kappa shape index (κ2) is 7.64. The lowest BCUT2D eigenvalue weighted by Gasteiger charge is -2.11. The zero-order valence-corrected chi connectivity index (χ0v) is 15.1. The highest BCUT2D eigenvalue weighted by molar-refractivity contribution is 9.10. The van der Waals surface area contributed by atoms with Crippen molar-refractivity contribution in [3.63, 3.8) is 0 Å². The minimum absolute atomic E-state index is 0.193. The van der Waals surface area contributed by atoms with Crippen LogP contribution in [0.1, 0.15) is 21.5 Å². The zero-order valence-electron chi connectivity index (χ0n) is 12.7. The Bertz CT molecular complexity index is 849. The van der Waals surface area contributed by atoms with E-state index in [-0.39, 0.29) is 5.91 Å². The number of hydrogen-bond acceptors (Lipinski definition) is 2. The summed E-state index contributed by atoms with van der Waals surface area (Å²) in [6.07, 6.45) is 3.66. The molecule has 0 aliphatic heterocycles. The van der Waals surface area contributed by atoms with Gasteiger partial charge in [0.25, 0.3) is 5.91 Å². The molecular formula is C18H15BrClN3O. The fourth-order valence-electron chi connectivity index (χ4n) is 2.40. The molecule has 0 aliphatic carbocycles. The van der Waals surface area contributed by atoms with Crippen molar-refractivity contribution in [2.24, 2.45) is 0 Å². The van der Waals surface area contributed by atoms with E-state index in [1.807, 2.05) is 41.2 Å². The van der Waals surface area contributed by atoms with Crippen LogP contribution < -0.4 is 5.32 Å². The highest BCUT2D eigenvalue weighted by Gasteiger charge is 2.11. The Morgan fingerprint density at radius 2 is 1.96 bits per heavy atom. The fraction of sp³-hybridized carbons (Fsp3) is 0.111. The van der Waals surface area contributed by atoms with Crippen LogP contribution in [0.15, 0.2) is 65.4 Å². The summed E-state index contributed by atoms with van der Waals surface area (Å²) in [7, 11) is 0. The molecule has 0 atom stereocenters. The van der Waals surface area contributed by atoms with Crippen molar-refractivity contribution >= 4 is 33.4 Å². The highest BCUT2D eigenvalue weighted by atomic mass is 79.9. The van der Waals surface area contributed by atoms with Crippen LogP contribution in [0.25, 0.3) is 0 Å². The first-order valence-electron chi connectivity index (χ1n) is 7.41. The van der Waals surface area contributed by atoms with Crippen LogP contribution in [0.2, 0.25) is 5.02 Å². The van der Waals surface area contributed by atoms with Crippen LogP contribution in [-0.2, 0) is 13.1 Å². The van der Waals surface area contributed by atoms with Gasteiger partial charge in [0, 0.05) is 23.4 Å². The van der Waals surface area contributed by atoms with Gasteiger partial charge < -0.3 is 5.32 Å². The summed E-state index contributed by atoms with van der Waals surface area (Å²) in [5.41, 5.74) is 2.63. The molecule has 1 heterocycles. The summed E-state index contributed by atoms with van der Waals surface area (Å²) in [6.45, 7) is 1.10. The van der Waals surface area contributed by atoms with Gasteiger partial charge in [-0.3, -0.25) is 9.48 Å². The molecule has 122 valence electrons. The number of carbonyl (C=O) groups is 1. The Hall–Kier alpha value is -2.11. The van der Waals surface area contributed by atoms with Crippen LogP contribution in [0.5, 0.6) is 0 Å². The highest BCUT2D eigenvalue weighted by Crippen LogP contribution is 2.21. The SMILES string of the molecule is O=C(NCc1ccccc1Cn1cccn1)c1ccc(Br)cc1Cl. The summed E-state index contributed by atoms with van der Waals surface area (Å²) < 4.78 is 2.69. The molecule has 0 unspecified atom stereocenters. The molecular weight excluding hydrogens is 390 g/mol. The molecule has 1 N–H and O–H groups in total. The number of hydrogen-bond donors (Lipinski definition) is 1. The third-order valence-corrected chi connectivity index (χ3v) is 4.43. The summed E-state index contributed by atoms with van der Waals surface area (Å²) in [4.78, 5) is 12.4. The fourth-order valence-corrected chi connectivity index (χ4v) is 3.16. The number of benzene rings is 2. The largest absolute Gasteiger partial charge is 0.348 e. The van der Waals surface area contributed by atoms with Crippen molar-refractivity contribution in [3.05, 3.63) is 87.1 Å². The second-order valence-corrected chi connectivity index (χ2v) is 6.60. The monoisotopic (exact) mass is 403 g/mol. The van der Waals surface area contributed by atoms with E-state index in [9.17, 15) is 4.79 Å². The smallest absolute Gasteiger partial charge is 0.253 e. The molecule has 0 spiro atoms. The average molecular weight is 405 g/mol. The number of aromatic nitrogens is 2. The zero-order chi connectivity index (χ0) is 16.9. The first kappa shape index (κ1) is 16.7. The Morgan fingerprint density at radius 3 is 2.67 bits per heavy atom. The summed E-state index contributed by atoms with van der Waals surface area (Å²) >= 11 is 9.46. The van der Waals surface area contributed by atoms with Gasteiger partial charge in [0.05, 0.1) is 17.1 Å². The lowest BCUT2D eigenvalue weighted by atomic mass is 10.1. The van der Waals surface area contributed by atoms with Crippen molar-refractivity contribution in [1.29, 1.82) is 0 Å². The lowest BCUT2D eigenvalue weighted by Crippen LogP contribution is -2.24. The Kier molecular flexibility index (Phi) is 5.33. The van der Waals surface area contributed by atoms with Crippen molar-refractivity contribution in [1.82, 2.24) is 15.1 Å². The Labute approximate surface area is 153 Å². The maximum atomic E-state index is 12.4. The van der Waals surface area contributed by atoms with Gasteiger partial charge in [0.15, 0.2) is 0 Å². The number of halogens is 2. The van der Waals surface area contributed by atoms with Gasteiger partial charge in [-0.2, -0.15) is 5.10 Å². The maximum Gasteiger partial charge on any atom is 0.253 e. The number of rotatable bonds is 5. The molecule has 6 heteroatoms. The molecule has 0 aliphatic rings. The number of amides is 1. The minimum atomic E-state index is -0.193. The van der Waals surface area contributed by atoms with E-state index in [0.29, 0.717) is 23.7 Å². The Balaban J connectivity index is 1.71. The first-order valence-corrected chi connectivity index (χ1v) is 8.58. The van der Waals surface area contributed by atoms with Gasteiger partial charge in [0.1, 0.15) is 0 Å². The summed E-state index contributed by atoms with van der Waals surface area (Å²) in [5, 5.41) is 7.57. The number of nitrogens with one attached hydrogen (secondary N) is 1. The van der Waals surface area contributed by atoms with E-state index in [4.69, 9.17) is 11.6 Å². The summed E-state index contributed by atoms with van der Waals surface area (Å²) in [5.74, 6) is -0.193. The van der Waals surface area contributed by atoms with Crippen molar-refractivity contribution in [2.45, 2.75) is 13.1 Å². The van der Waals surface area contributed by atoms with Gasteiger partial charge >= 0.3 is 0 Å². The Morgan fingerprint density at radius 1 is 1.17 bits per heavy atom. The molecule has 4 nitrogen and oxygen atoms in total. The van der Waals surface area contributed by atoms with E-state index < -0.39 is 0 Å². The average Bonchev–Trinajstić information content (AvgIpc) is 3.07. The molecule has 2 aromatic carbocycles. The number of carbonyl (C=O) groups excluding carboxylic acids is 1. The minimum Gasteiger partial charge on any atom is -0.348 e. The van der Waals surface area contributed by atoms with Crippen molar-refractivity contribution in [2.75, 3.05) is 0 Å². The molecule has 1 amide bonds. The maximum absolute atomic E-state index is 12.4. The van der Waals surface area contributed by atoms with Crippen LogP contribution >= 0.6 is 27.5 Å². The lowest BCUT2D eigenvalue weighted by molar-refractivity contribution is 0.0951. The van der Waals surface area contributed by atoms with Crippen LogP contribution in [0.4, 0.5) is 0 Å². The summed E-state index contributed by atoms with van der Waals surface area (Å²) in [6, 6.07) is 15.1. The molecule has 0 bridgehead atoms. The molecule has 0 saturated heterocycles. The van der Waals surface area contributed by atoms with Crippen molar-refractivity contribution in [3.8, 4) is 0 Å². The van der Waals surface area contributed by atoms with Gasteiger partial charge in [-0.15, -0.1) is 0 Å². The van der Waals surface area contributed by atoms with Crippen LogP contribution in [0.3, 0.4) is 0 Å². The molecule has 3 aromatic rings. The van der Waals surface area contributed by atoms with E-state index in [1.54, 1.807) is 24.4 Å². The second-order valence-electron chi connectivity index (χ2n) is 5.28. The standard InChI is InChI=1S/C18H15BrClN3O/c19-15-6-7-16(17(20)10-15)18(24)21-11-13-4-1-2-5-14(13)12-23-9-3-8-22-23/h1-10H,11-12H2,(H,21,24). The van der Waals surface area contributed by atoms with Crippen molar-refractivity contribution < 1.29 is 4.79 Å². The van der Waals surface area contributed by atoms with E-state index >= 15 is 0 Å². The topological polar surface area (TPSA) is 46.9 Å². The van der Waals surface area contributed by atoms with Crippen LogP contribution in [-0.4, -0.2) is 15.7 Å². The molecule has 0 saturated carbocycles. The predicted molar refractivity (Wildman–Crippen MR) is 98.1 cm³/mol. The third-order valence-electron chi connectivity index (χ3n) is 3.63. The van der Waals surface area contributed by atoms with Gasteiger partial charge in [-0.25, -0.2) is 0 Å². The molecule has 3 rings (SSSR count). The van der Waals surface area contributed by atoms with Gasteiger partial charge in [0.2, 0.25) is 0 Å².